The Labute approximate surface area is 102 Å². The summed E-state index contributed by atoms with van der Waals surface area (Å²) in [4.78, 5) is 12.2. The Hall–Kier alpha value is -1.64. The van der Waals surface area contributed by atoms with E-state index >= 15 is 0 Å². The maximum absolute atomic E-state index is 12.2. The quantitative estimate of drug-likeness (QED) is 0.785. The first-order valence-corrected chi connectivity index (χ1v) is 6.00. The Kier molecular flexibility index (Phi) is 3.27. The molecule has 0 fully saturated rings. The van der Waals surface area contributed by atoms with Gasteiger partial charge in [0.1, 0.15) is 0 Å². The van der Waals surface area contributed by atoms with Gasteiger partial charge in [-0.15, -0.1) is 0 Å². The van der Waals surface area contributed by atoms with E-state index in [0.29, 0.717) is 12.5 Å². The minimum Gasteiger partial charge on any atom is -0.272 e. The van der Waals surface area contributed by atoms with Crippen LogP contribution >= 0.6 is 0 Å². The lowest BCUT2D eigenvalue weighted by Crippen LogP contribution is -2.30. The molecule has 0 N–H and O–H groups in total. The van der Waals surface area contributed by atoms with Crippen molar-refractivity contribution in [1.29, 1.82) is 0 Å². The topological polar surface area (TPSA) is 32.7 Å². The van der Waals surface area contributed by atoms with Crippen molar-refractivity contribution in [3.05, 3.63) is 35.9 Å². The number of nitrogens with zero attached hydrogens (tertiary/aromatic N) is 2. The number of benzene rings is 1. The number of carbonyl (C=O) groups excluding carboxylic acids is 1. The summed E-state index contributed by atoms with van der Waals surface area (Å²) in [6, 6.07) is 9.96. The number of rotatable bonds is 3. The van der Waals surface area contributed by atoms with Gasteiger partial charge in [-0.2, -0.15) is 5.10 Å². The Morgan fingerprint density at radius 2 is 1.94 bits per heavy atom. The smallest absolute Gasteiger partial charge is 0.252 e. The molecule has 0 bridgehead atoms. The van der Waals surface area contributed by atoms with Crippen LogP contribution in [0.15, 0.2) is 35.4 Å². The zero-order chi connectivity index (χ0) is 12.4. The summed E-state index contributed by atoms with van der Waals surface area (Å²) in [7, 11) is 0. The summed E-state index contributed by atoms with van der Waals surface area (Å²) in [5.41, 5.74) is 2.04. The fourth-order valence-electron chi connectivity index (χ4n) is 2.28. The van der Waals surface area contributed by atoms with E-state index in [1.54, 1.807) is 5.01 Å². The Morgan fingerprint density at radius 3 is 2.47 bits per heavy atom. The maximum Gasteiger partial charge on any atom is 0.252 e. The molecular weight excluding hydrogens is 212 g/mol. The van der Waals surface area contributed by atoms with Crippen LogP contribution in [-0.2, 0) is 11.3 Å². The molecule has 1 aliphatic rings. The van der Waals surface area contributed by atoms with Gasteiger partial charge >= 0.3 is 0 Å². The third kappa shape index (κ3) is 2.38. The molecule has 1 heterocycles. The van der Waals surface area contributed by atoms with Crippen LogP contribution in [0.3, 0.4) is 0 Å². The van der Waals surface area contributed by atoms with E-state index in [4.69, 9.17) is 0 Å². The van der Waals surface area contributed by atoms with E-state index in [0.717, 1.165) is 11.3 Å². The molecule has 0 spiro atoms. The van der Waals surface area contributed by atoms with E-state index < -0.39 is 0 Å². The van der Waals surface area contributed by atoms with Crippen LogP contribution in [-0.4, -0.2) is 16.6 Å². The Balaban J connectivity index is 2.13. The van der Waals surface area contributed by atoms with Gasteiger partial charge in [-0.3, -0.25) is 4.79 Å². The molecule has 0 aliphatic carbocycles. The second-order valence-corrected chi connectivity index (χ2v) is 4.84. The van der Waals surface area contributed by atoms with E-state index in [-0.39, 0.29) is 11.8 Å². The molecular formula is C14H18N2O. The normalized spacial score (nSPS) is 20.0. The van der Waals surface area contributed by atoms with Gasteiger partial charge in [0, 0.05) is 5.71 Å². The Bertz CT molecular complexity index is 437. The molecule has 1 aromatic carbocycles. The average Bonchev–Trinajstić information content (AvgIpc) is 2.55. The highest BCUT2D eigenvalue weighted by molar-refractivity contribution is 6.07. The Morgan fingerprint density at radius 1 is 1.29 bits per heavy atom. The maximum atomic E-state index is 12.2. The van der Waals surface area contributed by atoms with Gasteiger partial charge in [-0.25, -0.2) is 5.01 Å². The molecule has 90 valence electrons. The van der Waals surface area contributed by atoms with Crippen LogP contribution in [0, 0.1) is 11.8 Å². The third-order valence-electron chi connectivity index (χ3n) is 3.09. The van der Waals surface area contributed by atoms with Gasteiger partial charge in [0.15, 0.2) is 0 Å². The SMILES string of the molecule is CC1=NN(Cc2ccccc2)C(=O)C1C(C)C. The molecule has 0 saturated carbocycles. The second-order valence-electron chi connectivity index (χ2n) is 4.84. The first-order valence-electron chi connectivity index (χ1n) is 6.00. The van der Waals surface area contributed by atoms with Crippen molar-refractivity contribution in [2.24, 2.45) is 16.9 Å². The van der Waals surface area contributed by atoms with Crippen molar-refractivity contribution in [3.63, 3.8) is 0 Å². The fraction of sp³-hybridized carbons (Fsp3) is 0.429. The molecule has 1 aromatic rings. The largest absolute Gasteiger partial charge is 0.272 e. The number of hydrogen-bond acceptors (Lipinski definition) is 2. The second kappa shape index (κ2) is 4.70. The van der Waals surface area contributed by atoms with E-state index in [1.165, 1.54) is 0 Å². The molecule has 17 heavy (non-hydrogen) atoms. The molecule has 1 atom stereocenters. The zero-order valence-electron chi connectivity index (χ0n) is 10.6. The van der Waals surface area contributed by atoms with Crippen LogP contribution in [0.2, 0.25) is 0 Å². The molecule has 3 heteroatoms. The third-order valence-corrected chi connectivity index (χ3v) is 3.09. The molecule has 1 unspecified atom stereocenters. The van der Waals surface area contributed by atoms with Crippen LogP contribution in [0.1, 0.15) is 26.3 Å². The predicted molar refractivity (Wildman–Crippen MR) is 68.4 cm³/mol. The highest BCUT2D eigenvalue weighted by Crippen LogP contribution is 2.24. The van der Waals surface area contributed by atoms with Crippen molar-refractivity contribution in [2.45, 2.75) is 27.3 Å². The van der Waals surface area contributed by atoms with Crippen molar-refractivity contribution in [3.8, 4) is 0 Å². The lowest BCUT2D eigenvalue weighted by Gasteiger charge is -2.16. The fourth-order valence-corrected chi connectivity index (χ4v) is 2.28. The van der Waals surface area contributed by atoms with Gasteiger partial charge < -0.3 is 0 Å². The summed E-state index contributed by atoms with van der Waals surface area (Å²) in [5.74, 6) is 0.395. The van der Waals surface area contributed by atoms with Gasteiger partial charge in [-0.05, 0) is 18.4 Å². The van der Waals surface area contributed by atoms with Gasteiger partial charge in [0.05, 0.1) is 12.5 Å². The molecule has 2 rings (SSSR count). The lowest BCUT2D eigenvalue weighted by molar-refractivity contribution is -0.133. The van der Waals surface area contributed by atoms with Crippen molar-refractivity contribution < 1.29 is 4.79 Å². The van der Waals surface area contributed by atoms with E-state index in [1.807, 2.05) is 37.3 Å². The molecule has 0 aromatic heterocycles. The predicted octanol–water partition coefficient (Wildman–Crippen LogP) is 2.68. The zero-order valence-corrected chi connectivity index (χ0v) is 10.6. The first-order chi connectivity index (χ1) is 8.09. The van der Waals surface area contributed by atoms with Crippen molar-refractivity contribution >= 4 is 11.6 Å². The standard InChI is InChI=1S/C14H18N2O/c1-10(2)13-11(3)15-16(14(13)17)9-12-7-5-4-6-8-12/h4-8,10,13H,9H2,1-3H3. The molecule has 3 nitrogen and oxygen atoms in total. The summed E-state index contributed by atoms with van der Waals surface area (Å²) in [6.45, 7) is 6.63. The molecule has 0 saturated heterocycles. The lowest BCUT2D eigenvalue weighted by atomic mass is 9.92. The van der Waals surface area contributed by atoms with Gasteiger partial charge in [-0.1, -0.05) is 44.2 Å². The summed E-state index contributed by atoms with van der Waals surface area (Å²) < 4.78 is 0. The monoisotopic (exact) mass is 230 g/mol. The van der Waals surface area contributed by atoms with Gasteiger partial charge in [0.25, 0.3) is 5.91 Å². The molecule has 1 amide bonds. The van der Waals surface area contributed by atoms with Gasteiger partial charge in [0.2, 0.25) is 0 Å². The number of amides is 1. The van der Waals surface area contributed by atoms with Crippen molar-refractivity contribution in [1.82, 2.24) is 5.01 Å². The van der Waals surface area contributed by atoms with Crippen LogP contribution in [0.4, 0.5) is 0 Å². The highest BCUT2D eigenvalue weighted by atomic mass is 16.2. The molecule has 1 aliphatic heterocycles. The van der Waals surface area contributed by atoms with Crippen LogP contribution in [0.5, 0.6) is 0 Å². The van der Waals surface area contributed by atoms with Crippen LogP contribution in [0.25, 0.3) is 0 Å². The highest BCUT2D eigenvalue weighted by Gasteiger charge is 2.35. The summed E-state index contributed by atoms with van der Waals surface area (Å²) in [6.07, 6.45) is 0. The summed E-state index contributed by atoms with van der Waals surface area (Å²) >= 11 is 0. The minimum absolute atomic E-state index is 0.0429. The average molecular weight is 230 g/mol. The summed E-state index contributed by atoms with van der Waals surface area (Å²) in [5, 5.41) is 5.96. The minimum atomic E-state index is -0.0429. The van der Waals surface area contributed by atoms with E-state index in [9.17, 15) is 4.79 Å². The van der Waals surface area contributed by atoms with E-state index in [2.05, 4.69) is 18.9 Å². The number of hydrogen-bond donors (Lipinski definition) is 0. The number of hydrazone groups is 1. The first kappa shape index (κ1) is 11.8. The number of carbonyl (C=O) groups is 1. The van der Waals surface area contributed by atoms with Crippen LogP contribution < -0.4 is 0 Å². The van der Waals surface area contributed by atoms with Crippen molar-refractivity contribution in [2.75, 3.05) is 0 Å². The molecule has 0 radical (unpaired) electrons.